The summed E-state index contributed by atoms with van der Waals surface area (Å²) in [5.74, 6) is -0.209. The summed E-state index contributed by atoms with van der Waals surface area (Å²) in [6.45, 7) is 8.28. The van der Waals surface area contributed by atoms with Crippen LogP contribution in [0.1, 0.15) is 48.4 Å². The first-order chi connectivity index (χ1) is 9.29. The second-order valence-corrected chi connectivity index (χ2v) is 6.68. The molecule has 0 saturated heterocycles. The molecule has 106 valence electrons. The molecule has 0 amide bonds. The first-order valence-electron chi connectivity index (χ1n) is 6.79. The zero-order chi connectivity index (χ0) is 14.9. The molecule has 0 aliphatic rings. The molecular weight excluding hydrogens is 271 g/mol. The van der Waals surface area contributed by atoms with Crippen molar-refractivity contribution in [1.29, 1.82) is 0 Å². The molecule has 1 unspecified atom stereocenters. The van der Waals surface area contributed by atoms with Crippen molar-refractivity contribution in [1.82, 2.24) is 0 Å². The van der Waals surface area contributed by atoms with E-state index >= 15 is 0 Å². The molecule has 2 aromatic rings. The van der Waals surface area contributed by atoms with Crippen molar-refractivity contribution in [2.75, 3.05) is 0 Å². The summed E-state index contributed by atoms with van der Waals surface area (Å²) in [5.41, 5.74) is 3.80. The standard InChI is InChI=1S/C18H20ClF/c1-12-5-6-14(11-16(12)20)17(19)13-7-9-15(10-8-13)18(2,3)4/h5-11,17H,1-4H3. The highest BCUT2D eigenvalue weighted by Crippen LogP contribution is 2.31. The van der Waals surface area contributed by atoms with Crippen LogP contribution in [0.3, 0.4) is 0 Å². The van der Waals surface area contributed by atoms with E-state index in [9.17, 15) is 4.39 Å². The van der Waals surface area contributed by atoms with Crippen molar-refractivity contribution in [3.8, 4) is 0 Å². The minimum Gasteiger partial charge on any atom is -0.207 e. The Morgan fingerprint density at radius 2 is 1.50 bits per heavy atom. The number of alkyl halides is 1. The highest BCUT2D eigenvalue weighted by molar-refractivity contribution is 6.22. The average molecular weight is 291 g/mol. The normalized spacial score (nSPS) is 13.3. The van der Waals surface area contributed by atoms with E-state index in [1.54, 1.807) is 13.0 Å². The van der Waals surface area contributed by atoms with Crippen LogP contribution < -0.4 is 0 Å². The summed E-state index contributed by atoms with van der Waals surface area (Å²) in [4.78, 5) is 0. The van der Waals surface area contributed by atoms with Crippen LogP contribution in [-0.2, 0) is 5.41 Å². The lowest BCUT2D eigenvalue weighted by atomic mass is 9.86. The van der Waals surface area contributed by atoms with E-state index in [0.717, 1.165) is 11.1 Å². The van der Waals surface area contributed by atoms with Gasteiger partial charge in [0.05, 0.1) is 5.38 Å². The van der Waals surface area contributed by atoms with Gasteiger partial charge in [0.15, 0.2) is 0 Å². The summed E-state index contributed by atoms with van der Waals surface area (Å²) < 4.78 is 13.6. The smallest absolute Gasteiger partial charge is 0.126 e. The molecule has 0 aromatic heterocycles. The van der Waals surface area contributed by atoms with Gasteiger partial charge in [-0.25, -0.2) is 4.39 Å². The van der Waals surface area contributed by atoms with Crippen molar-refractivity contribution in [3.05, 3.63) is 70.5 Å². The van der Waals surface area contributed by atoms with Gasteiger partial charge in [-0.3, -0.25) is 0 Å². The van der Waals surface area contributed by atoms with E-state index in [2.05, 4.69) is 32.9 Å². The minimum absolute atomic E-state index is 0.121. The van der Waals surface area contributed by atoms with Crippen LogP contribution in [0.15, 0.2) is 42.5 Å². The molecule has 0 heterocycles. The molecule has 0 radical (unpaired) electrons. The Morgan fingerprint density at radius 1 is 0.950 bits per heavy atom. The summed E-state index contributed by atoms with van der Waals surface area (Å²) in [7, 11) is 0. The lowest BCUT2D eigenvalue weighted by Gasteiger charge is -2.20. The molecule has 0 saturated carbocycles. The molecule has 2 heteroatoms. The highest BCUT2D eigenvalue weighted by atomic mass is 35.5. The highest BCUT2D eigenvalue weighted by Gasteiger charge is 2.16. The number of hydrogen-bond donors (Lipinski definition) is 0. The first kappa shape index (κ1) is 15.1. The maximum absolute atomic E-state index is 13.6. The molecule has 0 bridgehead atoms. The second-order valence-electron chi connectivity index (χ2n) is 6.24. The van der Waals surface area contributed by atoms with Gasteiger partial charge in [0, 0.05) is 0 Å². The maximum Gasteiger partial charge on any atom is 0.126 e. The fourth-order valence-corrected chi connectivity index (χ4v) is 2.39. The van der Waals surface area contributed by atoms with Gasteiger partial charge in [-0.2, -0.15) is 0 Å². The second kappa shape index (κ2) is 5.57. The van der Waals surface area contributed by atoms with Crippen molar-refractivity contribution < 1.29 is 4.39 Å². The molecule has 20 heavy (non-hydrogen) atoms. The number of hydrogen-bond acceptors (Lipinski definition) is 0. The third kappa shape index (κ3) is 3.21. The topological polar surface area (TPSA) is 0 Å². The van der Waals surface area contributed by atoms with E-state index in [4.69, 9.17) is 11.6 Å². The van der Waals surface area contributed by atoms with Crippen LogP contribution in [0, 0.1) is 12.7 Å². The van der Waals surface area contributed by atoms with Gasteiger partial charge in [-0.05, 0) is 40.7 Å². The number of benzene rings is 2. The van der Waals surface area contributed by atoms with Crippen molar-refractivity contribution in [2.24, 2.45) is 0 Å². The van der Waals surface area contributed by atoms with Crippen LogP contribution in [0.2, 0.25) is 0 Å². The van der Waals surface area contributed by atoms with Crippen molar-refractivity contribution >= 4 is 11.6 Å². The van der Waals surface area contributed by atoms with Crippen LogP contribution in [0.25, 0.3) is 0 Å². The predicted molar refractivity (Wildman–Crippen MR) is 84.0 cm³/mol. The van der Waals surface area contributed by atoms with E-state index in [1.165, 1.54) is 11.6 Å². The van der Waals surface area contributed by atoms with E-state index in [0.29, 0.717) is 5.56 Å². The summed E-state index contributed by atoms with van der Waals surface area (Å²) in [5, 5.41) is -0.320. The van der Waals surface area contributed by atoms with Gasteiger partial charge in [-0.1, -0.05) is 57.2 Å². The number of halogens is 2. The lowest BCUT2D eigenvalue weighted by Crippen LogP contribution is -2.10. The molecule has 0 aliphatic carbocycles. The van der Waals surface area contributed by atoms with Gasteiger partial charge in [0.25, 0.3) is 0 Å². The molecule has 0 nitrogen and oxygen atoms in total. The molecule has 0 spiro atoms. The van der Waals surface area contributed by atoms with Crippen LogP contribution in [-0.4, -0.2) is 0 Å². The summed E-state index contributed by atoms with van der Waals surface area (Å²) >= 11 is 6.46. The minimum atomic E-state index is -0.320. The Bertz CT molecular complexity index is 594. The summed E-state index contributed by atoms with van der Waals surface area (Å²) in [6.07, 6.45) is 0. The van der Waals surface area contributed by atoms with Crippen LogP contribution in [0.4, 0.5) is 4.39 Å². The molecule has 0 fully saturated rings. The Labute approximate surface area is 125 Å². The van der Waals surface area contributed by atoms with Gasteiger partial charge >= 0.3 is 0 Å². The first-order valence-corrected chi connectivity index (χ1v) is 7.23. The molecule has 0 aliphatic heterocycles. The van der Waals surface area contributed by atoms with Crippen LogP contribution in [0.5, 0.6) is 0 Å². The lowest BCUT2D eigenvalue weighted by molar-refractivity contribution is 0.590. The van der Waals surface area contributed by atoms with E-state index < -0.39 is 0 Å². The molecule has 0 N–H and O–H groups in total. The molecule has 2 rings (SSSR count). The Balaban J connectivity index is 2.29. The third-order valence-corrected chi connectivity index (χ3v) is 4.06. The van der Waals surface area contributed by atoms with Crippen molar-refractivity contribution in [2.45, 2.75) is 38.5 Å². The predicted octanol–water partition coefficient (Wildman–Crippen LogP) is 5.76. The summed E-state index contributed by atoms with van der Waals surface area (Å²) in [6, 6.07) is 13.4. The Morgan fingerprint density at radius 3 is 2.00 bits per heavy atom. The SMILES string of the molecule is Cc1ccc(C(Cl)c2ccc(C(C)(C)C)cc2)cc1F. The van der Waals surface area contributed by atoms with Crippen LogP contribution >= 0.6 is 11.6 Å². The monoisotopic (exact) mass is 290 g/mol. The molecular formula is C18H20ClF. The zero-order valence-electron chi connectivity index (χ0n) is 12.4. The quantitative estimate of drug-likeness (QED) is 0.617. The largest absolute Gasteiger partial charge is 0.207 e. The van der Waals surface area contributed by atoms with Crippen molar-refractivity contribution in [3.63, 3.8) is 0 Å². The van der Waals surface area contributed by atoms with Gasteiger partial charge < -0.3 is 0 Å². The van der Waals surface area contributed by atoms with E-state index in [1.807, 2.05) is 18.2 Å². The number of aryl methyl sites for hydroxylation is 1. The Hall–Kier alpha value is -1.34. The van der Waals surface area contributed by atoms with Gasteiger partial charge in [0.1, 0.15) is 5.82 Å². The average Bonchev–Trinajstić information content (AvgIpc) is 2.40. The molecule has 2 aromatic carbocycles. The number of rotatable bonds is 2. The third-order valence-electron chi connectivity index (χ3n) is 3.56. The fraction of sp³-hybridized carbons (Fsp3) is 0.333. The fourth-order valence-electron chi connectivity index (χ4n) is 2.11. The molecule has 1 atom stereocenters. The van der Waals surface area contributed by atoms with E-state index in [-0.39, 0.29) is 16.6 Å². The Kier molecular flexibility index (Phi) is 4.19. The van der Waals surface area contributed by atoms with Gasteiger partial charge in [0.2, 0.25) is 0 Å². The maximum atomic E-state index is 13.6. The zero-order valence-corrected chi connectivity index (χ0v) is 13.1. The van der Waals surface area contributed by atoms with Gasteiger partial charge in [-0.15, -0.1) is 11.6 Å².